The van der Waals surface area contributed by atoms with E-state index in [4.69, 9.17) is 5.11 Å². The van der Waals surface area contributed by atoms with Crippen molar-refractivity contribution in [2.45, 2.75) is 0 Å². The Bertz CT molecular complexity index is 176. The SMILES string of the molecule is [O-][n+]1cc(O)cc(Br)c1. The number of hydrogen-bond donors (Lipinski definition) is 1. The lowest BCUT2D eigenvalue weighted by Gasteiger charge is -1.95. The Balaban J connectivity index is 3.17. The number of aromatic nitrogens is 1. The summed E-state index contributed by atoms with van der Waals surface area (Å²) in [6, 6.07) is 1.44. The third kappa shape index (κ3) is 1.57. The molecule has 0 aromatic carbocycles. The van der Waals surface area contributed by atoms with Crippen LogP contribution < -0.4 is 4.73 Å². The second-order valence-corrected chi connectivity index (χ2v) is 2.49. The molecule has 0 aliphatic carbocycles. The smallest absolute Gasteiger partial charge is 0.222 e. The maximum Gasteiger partial charge on any atom is 0.222 e. The maximum atomic E-state index is 10.4. The molecule has 1 aromatic heterocycles. The largest absolute Gasteiger partial charge is 0.619 e. The molecule has 1 rings (SSSR count). The highest BCUT2D eigenvalue weighted by Gasteiger charge is 1.96. The Kier molecular flexibility index (Phi) is 1.57. The number of pyridine rings is 1. The highest BCUT2D eigenvalue weighted by Crippen LogP contribution is 2.12. The second kappa shape index (κ2) is 2.23. The lowest BCUT2D eigenvalue weighted by molar-refractivity contribution is -0.606. The minimum atomic E-state index is -0.0422. The van der Waals surface area contributed by atoms with Crippen LogP contribution in [0.25, 0.3) is 0 Å². The van der Waals surface area contributed by atoms with Gasteiger partial charge >= 0.3 is 0 Å². The van der Waals surface area contributed by atoms with E-state index in [1.54, 1.807) is 0 Å². The zero-order valence-electron chi connectivity index (χ0n) is 4.41. The summed E-state index contributed by atoms with van der Waals surface area (Å²) in [4.78, 5) is 0. The summed E-state index contributed by atoms with van der Waals surface area (Å²) in [7, 11) is 0. The van der Waals surface area contributed by atoms with E-state index in [0.29, 0.717) is 9.20 Å². The van der Waals surface area contributed by atoms with Crippen LogP contribution in [-0.4, -0.2) is 5.11 Å². The van der Waals surface area contributed by atoms with Gasteiger partial charge in [0.05, 0.1) is 4.47 Å². The van der Waals surface area contributed by atoms with Crippen molar-refractivity contribution in [1.82, 2.24) is 0 Å². The number of halogens is 1. The summed E-state index contributed by atoms with van der Waals surface area (Å²) in [5, 5.41) is 19.2. The third-order valence-corrected chi connectivity index (χ3v) is 1.23. The van der Waals surface area contributed by atoms with Gasteiger partial charge in [0.1, 0.15) is 0 Å². The van der Waals surface area contributed by atoms with Gasteiger partial charge in [0, 0.05) is 6.07 Å². The number of nitrogens with zero attached hydrogens (tertiary/aromatic N) is 1. The van der Waals surface area contributed by atoms with Crippen molar-refractivity contribution in [3.8, 4) is 5.75 Å². The van der Waals surface area contributed by atoms with Crippen molar-refractivity contribution in [3.05, 3.63) is 28.1 Å². The minimum absolute atomic E-state index is 0.0422. The van der Waals surface area contributed by atoms with E-state index >= 15 is 0 Å². The van der Waals surface area contributed by atoms with Gasteiger partial charge in [-0.25, -0.2) is 0 Å². The molecule has 9 heavy (non-hydrogen) atoms. The van der Waals surface area contributed by atoms with E-state index in [-0.39, 0.29) is 5.75 Å². The predicted molar refractivity (Wildman–Crippen MR) is 34.8 cm³/mol. The summed E-state index contributed by atoms with van der Waals surface area (Å²) in [6.07, 6.45) is 2.38. The van der Waals surface area contributed by atoms with Crippen LogP contribution in [0.15, 0.2) is 22.9 Å². The molecule has 0 unspecified atom stereocenters. The highest BCUT2D eigenvalue weighted by molar-refractivity contribution is 9.10. The van der Waals surface area contributed by atoms with E-state index in [1.807, 2.05) is 0 Å². The molecule has 48 valence electrons. The summed E-state index contributed by atoms with van der Waals surface area (Å²) in [6.45, 7) is 0. The Morgan fingerprint density at radius 1 is 1.56 bits per heavy atom. The van der Waals surface area contributed by atoms with Crippen LogP contribution in [0.2, 0.25) is 0 Å². The van der Waals surface area contributed by atoms with Crippen molar-refractivity contribution in [2.75, 3.05) is 0 Å². The first kappa shape index (κ1) is 6.35. The van der Waals surface area contributed by atoms with Crippen molar-refractivity contribution < 1.29 is 9.84 Å². The van der Waals surface area contributed by atoms with Gasteiger partial charge in [0.15, 0.2) is 11.9 Å². The van der Waals surface area contributed by atoms with E-state index in [0.717, 1.165) is 6.20 Å². The molecule has 0 aliphatic rings. The van der Waals surface area contributed by atoms with Gasteiger partial charge < -0.3 is 10.3 Å². The summed E-state index contributed by atoms with van der Waals surface area (Å²) in [5.41, 5.74) is 0. The molecule has 3 nitrogen and oxygen atoms in total. The van der Waals surface area contributed by atoms with E-state index in [9.17, 15) is 5.21 Å². The fraction of sp³-hybridized carbons (Fsp3) is 0. The third-order valence-electron chi connectivity index (χ3n) is 0.796. The van der Waals surface area contributed by atoms with Gasteiger partial charge in [-0.2, -0.15) is 4.73 Å². The zero-order chi connectivity index (χ0) is 6.85. The molecule has 0 bridgehead atoms. The minimum Gasteiger partial charge on any atom is -0.619 e. The zero-order valence-corrected chi connectivity index (χ0v) is 6.00. The lowest BCUT2D eigenvalue weighted by Crippen LogP contribution is -2.23. The van der Waals surface area contributed by atoms with Crippen LogP contribution in [0.5, 0.6) is 5.75 Å². The molecule has 0 saturated carbocycles. The summed E-state index contributed by atoms with van der Waals surface area (Å²) < 4.78 is 1.09. The Morgan fingerprint density at radius 2 is 2.22 bits per heavy atom. The van der Waals surface area contributed by atoms with Gasteiger partial charge in [-0.15, -0.1) is 0 Å². The number of hydrogen-bond acceptors (Lipinski definition) is 2. The van der Waals surface area contributed by atoms with E-state index in [2.05, 4.69) is 15.9 Å². The average Bonchev–Trinajstić information content (AvgIpc) is 1.59. The molecule has 0 spiro atoms. The van der Waals surface area contributed by atoms with Gasteiger partial charge in [-0.1, -0.05) is 0 Å². The molecule has 0 amide bonds. The van der Waals surface area contributed by atoms with E-state index < -0.39 is 0 Å². The van der Waals surface area contributed by atoms with Gasteiger partial charge in [0.25, 0.3) is 0 Å². The van der Waals surface area contributed by atoms with Gasteiger partial charge in [-0.05, 0) is 15.9 Å². The van der Waals surface area contributed by atoms with Crippen molar-refractivity contribution in [2.24, 2.45) is 0 Å². The topological polar surface area (TPSA) is 47.2 Å². The van der Waals surface area contributed by atoms with Crippen molar-refractivity contribution in [3.63, 3.8) is 0 Å². The molecule has 0 fully saturated rings. The lowest BCUT2D eigenvalue weighted by atomic mass is 10.5. The van der Waals surface area contributed by atoms with Crippen LogP contribution in [-0.2, 0) is 0 Å². The molecule has 0 atom stereocenters. The van der Waals surface area contributed by atoms with Crippen molar-refractivity contribution >= 4 is 15.9 Å². The van der Waals surface area contributed by atoms with Gasteiger partial charge in [0.2, 0.25) is 6.20 Å². The fourth-order valence-corrected chi connectivity index (χ4v) is 0.941. The Hall–Kier alpha value is -0.770. The quantitative estimate of drug-likeness (QED) is 0.485. The normalized spacial score (nSPS) is 9.44. The first-order valence-electron chi connectivity index (χ1n) is 2.27. The van der Waals surface area contributed by atoms with Crippen LogP contribution >= 0.6 is 15.9 Å². The molecular weight excluding hydrogens is 186 g/mol. The Morgan fingerprint density at radius 3 is 2.67 bits per heavy atom. The fourth-order valence-electron chi connectivity index (χ4n) is 0.505. The van der Waals surface area contributed by atoms with Crippen molar-refractivity contribution in [1.29, 1.82) is 0 Å². The average molecular weight is 190 g/mol. The summed E-state index contributed by atoms with van der Waals surface area (Å²) >= 11 is 3.03. The second-order valence-electron chi connectivity index (χ2n) is 1.57. The van der Waals surface area contributed by atoms with Gasteiger partial charge in [-0.3, -0.25) is 0 Å². The molecule has 1 aromatic rings. The van der Waals surface area contributed by atoms with E-state index in [1.165, 1.54) is 12.3 Å². The van der Waals surface area contributed by atoms with Crippen LogP contribution in [0.1, 0.15) is 0 Å². The monoisotopic (exact) mass is 189 g/mol. The first-order chi connectivity index (χ1) is 4.18. The molecule has 0 radical (unpaired) electrons. The Labute approximate surface area is 60.3 Å². The summed E-state index contributed by atoms with van der Waals surface area (Å²) in [5.74, 6) is -0.0422. The molecule has 4 heteroatoms. The number of rotatable bonds is 0. The molecule has 1 N–H and O–H groups in total. The number of aromatic hydroxyl groups is 1. The van der Waals surface area contributed by atoms with Crippen LogP contribution in [0.3, 0.4) is 0 Å². The standard InChI is InChI=1S/C5H4BrNO2/c6-4-1-5(8)3-7(9)2-4/h1-3,8H. The molecule has 1 heterocycles. The first-order valence-corrected chi connectivity index (χ1v) is 3.06. The van der Waals surface area contributed by atoms with Crippen LogP contribution in [0.4, 0.5) is 0 Å². The molecule has 0 saturated heterocycles. The van der Waals surface area contributed by atoms with Crippen LogP contribution in [0, 0.1) is 5.21 Å². The predicted octanol–water partition coefficient (Wildman–Crippen LogP) is 0.788. The highest BCUT2D eigenvalue weighted by atomic mass is 79.9. The maximum absolute atomic E-state index is 10.4. The molecule has 0 aliphatic heterocycles. The molecular formula is C5H4BrNO2.